The van der Waals surface area contributed by atoms with E-state index in [1.54, 1.807) is 0 Å². The second-order valence-electron chi connectivity index (χ2n) is 7.60. The lowest BCUT2D eigenvalue weighted by Crippen LogP contribution is -2.48. The Morgan fingerprint density at radius 2 is 1.62 bits per heavy atom. The minimum Gasteiger partial charge on any atom is -0.367 e. The normalized spacial score (nSPS) is 15.1. The average molecular weight is 392 g/mol. The summed E-state index contributed by atoms with van der Waals surface area (Å²) in [5.41, 5.74) is 2.27. The number of para-hydroxylation sites is 2. The average Bonchev–Trinajstić information content (AvgIpc) is 2.79. The van der Waals surface area contributed by atoms with Crippen molar-refractivity contribution in [2.45, 2.75) is 32.2 Å². The van der Waals surface area contributed by atoms with Crippen LogP contribution in [-0.4, -0.2) is 49.6 Å². The molecule has 3 rings (SSSR count). The molecule has 2 aromatic carbocycles. The highest BCUT2D eigenvalue weighted by atomic mass is 16.2. The Morgan fingerprint density at radius 1 is 1.03 bits per heavy atom. The fourth-order valence-electron chi connectivity index (χ4n) is 4.10. The molecule has 29 heavy (non-hydrogen) atoms. The molecule has 0 aromatic heterocycles. The molecule has 0 N–H and O–H groups in total. The number of nitrogens with zero attached hydrogens (tertiary/aromatic N) is 3. The molecule has 1 fully saturated rings. The molecule has 0 radical (unpaired) electrons. The Labute approximate surface area is 175 Å². The number of carbonyl (C=O) groups is 1. The Morgan fingerprint density at radius 3 is 2.17 bits per heavy atom. The van der Waals surface area contributed by atoms with Gasteiger partial charge in [-0.05, 0) is 37.1 Å². The zero-order chi connectivity index (χ0) is 20.5. The summed E-state index contributed by atoms with van der Waals surface area (Å²) < 4.78 is 0. The van der Waals surface area contributed by atoms with E-state index >= 15 is 0 Å². The van der Waals surface area contributed by atoms with Crippen LogP contribution in [0, 0.1) is 0 Å². The van der Waals surface area contributed by atoms with E-state index in [2.05, 4.69) is 46.7 Å². The van der Waals surface area contributed by atoms with Crippen LogP contribution < -0.4 is 9.80 Å². The molecule has 1 saturated heterocycles. The number of piperidine rings is 1. The van der Waals surface area contributed by atoms with E-state index in [1.807, 2.05) is 48.2 Å². The van der Waals surface area contributed by atoms with Crippen molar-refractivity contribution in [2.24, 2.45) is 0 Å². The smallest absolute Gasteiger partial charge is 0.226 e. The highest BCUT2D eigenvalue weighted by molar-refractivity contribution is 5.93. The van der Waals surface area contributed by atoms with Crippen molar-refractivity contribution < 1.29 is 4.79 Å². The molecule has 2 aromatic rings. The van der Waals surface area contributed by atoms with Crippen molar-refractivity contribution in [3.8, 4) is 0 Å². The van der Waals surface area contributed by atoms with E-state index in [-0.39, 0.29) is 5.91 Å². The fraction of sp³-hybridized carbons (Fsp3) is 0.400. The molecule has 1 aliphatic rings. The van der Waals surface area contributed by atoms with Gasteiger partial charge < -0.3 is 14.7 Å². The van der Waals surface area contributed by atoms with E-state index in [9.17, 15) is 4.79 Å². The van der Waals surface area contributed by atoms with Gasteiger partial charge in [0.1, 0.15) is 0 Å². The molecule has 0 bridgehead atoms. The maximum atomic E-state index is 12.6. The molecule has 154 valence electrons. The summed E-state index contributed by atoms with van der Waals surface area (Å²) in [6, 6.07) is 20.9. The second-order valence-corrected chi connectivity index (χ2v) is 7.60. The van der Waals surface area contributed by atoms with Crippen LogP contribution in [-0.2, 0) is 4.79 Å². The number of likely N-dealkylation sites (tertiary alicyclic amines) is 1. The van der Waals surface area contributed by atoms with E-state index in [0.29, 0.717) is 12.5 Å². The first-order valence-electron chi connectivity index (χ1n) is 10.7. The van der Waals surface area contributed by atoms with Crippen LogP contribution in [0.15, 0.2) is 73.3 Å². The van der Waals surface area contributed by atoms with Gasteiger partial charge in [-0.2, -0.15) is 0 Å². The molecule has 4 heteroatoms. The van der Waals surface area contributed by atoms with Gasteiger partial charge >= 0.3 is 0 Å². The highest BCUT2D eigenvalue weighted by Crippen LogP contribution is 2.24. The number of anilines is 2. The fourth-order valence-corrected chi connectivity index (χ4v) is 4.10. The molecule has 1 aliphatic heterocycles. The van der Waals surface area contributed by atoms with Gasteiger partial charge in [0.15, 0.2) is 0 Å². The van der Waals surface area contributed by atoms with Gasteiger partial charge in [-0.15, -0.1) is 6.58 Å². The number of carbonyl (C=O) groups excluding carboxylic acids is 1. The van der Waals surface area contributed by atoms with Crippen molar-refractivity contribution in [2.75, 3.05) is 42.5 Å². The number of benzene rings is 2. The van der Waals surface area contributed by atoms with Crippen LogP contribution in [0.5, 0.6) is 0 Å². The van der Waals surface area contributed by atoms with Crippen molar-refractivity contribution in [1.29, 1.82) is 0 Å². The molecule has 0 spiro atoms. The van der Waals surface area contributed by atoms with Crippen LogP contribution in [0.3, 0.4) is 0 Å². The lowest BCUT2D eigenvalue weighted by molar-refractivity contribution is -0.119. The molecule has 0 aliphatic carbocycles. The largest absolute Gasteiger partial charge is 0.367 e. The summed E-state index contributed by atoms with van der Waals surface area (Å²) in [5.74, 6) is 0.218. The maximum absolute atomic E-state index is 12.6. The van der Waals surface area contributed by atoms with Gasteiger partial charge in [0.05, 0.1) is 0 Å². The maximum Gasteiger partial charge on any atom is 0.226 e. The van der Waals surface area contributed by atoms with Gasteiger partial charge in [0.25, 0.3) is 0 Å². The predicted molar refractivity (Wildman–Crippen MR) is 123 cm³/mol. The molecule has 1 amide bonds. The van der Waals surface area contributed by atoms with E-state index in [0.717, 1.165) is 51.3 Å². The number of hydrogen-bond acceptors (Lipinski definition) is 3. The molecule has 4 nitrogen and oxygen atoms in total. The van der Waals surface area contributed by atoms with Gasteiger partial charge in [-0.25, -0.2) is 0 Å². The van der Waals surface area contributed by atoms with Crippen molar-refractivity contribution >= 4 is 17.3 Å². The Kier molecular flexibility index (Phi) is 7.88. The van der Waals surface area contributed by atoms with Crippen LogP contribution >= 0.6 is 0 Å². The van der Waals surface area contributed by atoms with Crippen molar-refractivity contribution in [3.63, 3.8) is 0 Å². The van der Waals surface area contributed by atoms with Crippen LogP contribution in [0.25, 0.3) is 0 Å². The lowest BCUT2D eigenvalue weighted by Gasteiger charge is -2.39. The zero-order valence-electron chi connectivity index (χ0n) is 17.5. The number of rotatable bonds is 9. The van der Waals surface area contributed by atoms with E-state index in [4.69, 9.17) is 0 Å². The van der Waals surface area contributed by atoms with Gasteiger partial charge in [-0.3, -0.25) is 4.79 Å². The van der Waals surface area contributed by atoms with Gasteiger partial charge in [0, 0.05) is 56.6 Å². The summed E-state index contributed by atoms with van der Waals surface area (Å²) in [6.45, 7) is 10.8. The Balaban J connectivity index is 1.56. The number of amides is 1. The molecule has 1 heterocycles. The van der Waals surface area contributed by atoms with E-state index < -0.39 is 0 Å². The second kappa shape index (κ2) is 10.8. The first-order chi connectivity index (χ1) is 14.2. The van der Waals surface area contributed by atoms with Gasteiger partial charge in [-0.1, -0.05) is 49.4 Å². The molecule has 0 unspecified atom stereocenters. The standard InChI is InChI=1S/C25H33N3O/c1-3-17-27(22-11-7-5-8-12-22)21-20-26-18-15-24(16-19-26)28(25(29)4-2)23-13-9-6-10-14-23/h3,5-14,24H,1,4,15-21H2,2H3. The summed E-state index contributed by atoms with van der Waals surface area (Å²) in [5, 5.41) is 0. The topological polar surface area (TPSA) is 26.8 Å². The molecule has 0 saturated carbocycles. The molecule has 0 atom stereocenters. The Hall–Kier alpha value is -2.59. The zero-order valence-corrected chi connectivity index (χ0v) is 17.5. The third-order valence-corrected chi connectivity index (χ3v) is 5.68. The van der Waals surface area contributed by atoms with E-state index in [1.165, 1.54) is 5.69 Å². The first-order valence-corrected chi connectivity index (χ1v) is 10.7. The summed E-state index contributed by atoms with van der Waals surface area (Å²) in [7, 11) is 0. The summed E-state index contributed by atoms with van der Waals surface area (Å²) >= 11 is 0. The van der Waals surface area contributed by atoms with Crippen molar-refractivity contribution in [1.82, 2.24) is 4.90 Å². The SMILES string of the molecule is C=CCN(CCN1CCC(N(C(=O)CC)c2ccccc2)CC1)c1ccccc1. The number of hydrogen-bond donors (Lipinski definition) is 0. The molecular formula is C25H33N3O. The van der Waals surface area contributed by atoms with Crippen LogP contribution in [0.1, 0.15) is 26.2 Å². The summed E-state index contributed by atoms with van der Waals surface area (Å²) in [6.07, 6.45) is 4.55. The quantitative estimate of drug-likeness (QED) is 0.585. The first kappa shape index (κ1) is 21.1. The third kappa shape index (κ3) is 5.70. The van der Waals surface area contributed by atoms with Crippen LogP contribution in [0.2, 0.25) is 0 Å². The highest BCUT2D eigenvalue weighted by Gasteiger charge is 2.28. The van der Waals surface area contributed by atoms with Crippen LogP contribution in [0.4, 0.5) is 11.4 Å². The Bertz CT molecular complexity index is 754. The molecular weight excluding hydrogens is 358 g/mol. The lowest BCUT2D eigenvalue weighted by atomic mass is 10.0. The summed E-state index contributed by atoms with van der Waals surface area (Å²) in [4.78, 5) is 19.6. The van der Waals surface area contributed by atoms with Gasteiger partial charge in [0.2, 0.25) is 5.91 Å². The monoisotopic (exact) mass is 391 g/mol. The van der Waals surface area contributed by atoms with Crippen molar-refractivity contribution in [3.05, 3.63) is 73.3 Å². The predicted octanol–water partition coefficient (Wildman–Crippen LogP) is 4.59. The minimum atomic E-state index is 0.218. The minimum absolute atomic E-state index is 0.218. The third-order valence-electron chi connectivity index (χ3n) is 5.68.